The molecule has 1 rings (SSSR count). The molecule has 25 heavy (non-hydrogen) atoms. The number of hydrogen-bond acceptors (Lipinski definition) is 4. The first-order valence-corrected chi connectivity index (χ1v) is 8.87. The van der Waals surface area contributed by atoms with E-state index in [1.807, 2.05) is 6.08 Å². The summed E-state index contributed by atoms with van der Waals surface area (Å²) in [5.74, 6) is 1.05. The Labute approximate surface area is 151 Å². The van der Waals surface area contributed by atoms with Gasteiger partial charge in [0.1, 0.15) is 6.61 Å². The number of carbonyl (C=O) groups is 1. The summed E-state index contributed by atoms with van der Waals surface area (Å²) in [6, 6.07) is 5.06. The van der Waals surface area contributed by atoms with Gasteiger partial charge in [0.2, 0.25) is 0 Å². The lowest BCUT2D eigenvalue weighted by Gasteiger charge is -2.04. The number of allylic oxidation sites excluding steroid dienone is 2. The number of aromatic hydroxyl groups is 1. The van der Waals surface area contributed by atoms with Gasteiger partial charge in [0.15, 0.2) is 11.5 Å². The zero-order valence-electron chi connectivity index (χ0n) is 15.5. The average Bonchev–Trinajstić information content (AvgIpc) is 2.58. The molecular weight excluding hydrogens is 316 g/mol. The molecular formula is C21H30O4. The van der Waals surface area contributed by atoms with Crippen molar-refractivity contribution in [2.45, 2.75) is 46.0 Å². The maximum atomic E-state index is 11.7. The molecule has 0 saturated carbocycles. The normalized spacial score (nSPS) is 11.5. The van der Waals surface area contributed by atoms with Crippen LogP contribution in [0.15, 0.2) is 36.4 Å². The number of phenols is 1. The number of phenolic OH excluding ortho intramolecular Hbond substituents is 1. The van der Waals surface area contributed by atoms with Crippen LogP contribution in [0.1, 0.15) is 51.5 Å². The summed E-state index contributed by atoms with van der Waals surface area (Å²) in [6.45, 7) is 4.65. The van der Waals surface area contributed by atoms with Gasteiger partial charge in [-0.25, -0.2) is 0 Å². The van der Waals surface area contributed by atoms with Gasteiger partial charge in [-0.05, 0) is 55.4 Å². The van der Waals surface area contributed by atoms with Gasteiger partial charge in [-0.3, -0.25) is 4.79 Å². The number of benzene rings is 1. The molecule has 0 heterocycles. The van der Waals surface area contributed by atoms with E-state index >= 15 is 0 Å². The monoisotopic (exact) mass is 346 g/mol. The predicted octanol–water partition coefficient (Wildman–Crippen LogP) is 5.12. The van der Waals surface area contributed by atoms with Crippen molar-refractivity contribution in [3.05, 3.63) is 42.0 Å². The zero-order chi connectivity index (χ0) is 18.5. The highest BCUT2D eigenvalue weighted by atomic mass is 16.5. The lowest BCUT2D eigenvalue weighted by molar-refractivity contribution is -0.142. The molecule has 0 amide bonds. The van der Waals surface area contributed by atoms with Crippen LogP contribution in [0.4, 0.5) is 0 Å². The van der Waals surface area contributed by atoms with E-state index in [9.17, 15) is 9.90 Å². The van der Waals surface area contributed by atoms with Crippen molar-refractivity contribution >= 4 is 12.0 Å². The number of hydrogen-bond donors (Lipinski definition) is 1. The number of unbranched alkanes of at least 4 members (excludes halogenated alkanes) is 2. The van der Waals surface area contributed by atoms with Crippen LogP contribution in [0.3, 0.4) is 0 Å². The fraction of sp³-hybridized carbons (Fsp3) is 0.476. The Hall–Kier alpha value is -2.23. The summed E-state index contributed by atoms with van der Waals surface area (Å²) in [5, 5.41) is 9.53. The summed E-state index contributed by atoms with van der Waals surface area (Å²) in [6.07, 6.45) is 12.5. The summed E-state index contributed by atoms with van der Waals surface area (Å²) >= 11 is 0. The van der Waals surface area contributed by atoms with Crippen molar-refractivity contribution in [1.29, 1.82) is 0 Å². The van der Waals surface area contributed by atoms with E-state index in [1.54, 1.807) is 24.3 Å². The highest BCUT2D eigenvalue weighted by Crippen LogP contribution is 2.26. The number of carbonyl (C=O) groups excluding carboxylic acids is 1. The first-order chi connectivity index (χ1) is 12.0. The highest BCUT2D eigenvalue weighted by Gasteiger charge is 2.02. The smallest absolute Gasteiger partial charge is 0.306 e. The minimum Gasteiger partial charge on any atom is -0.504 e. The van der Waals surface area contributed by atoms with Gasteiger partial charge < -0.3 is 14.6 Å². The van der Waals surface area contributed by atoms with Gasteiger partial charge in [0, 0.05) is 6.42 Å². The van der Waals surface area contributed by atoms with Gasteiger partial charge in [0.25, 0.3) is 0 Å². The molecule has 1 aromatic rings. The van der Waals surface area contributed by atoms with Crippen molar-refractivity contribution in [2.75, 3.05) is 13.7 Å². The molecule has 0 atom stereocenters. The van der Waals surface area contributed by atoms with Crippen molar-refractivity contribution in [3.8, 4) is 11.5 Å². The second-order valence-corrected chi connectivity index (χ2v) is 6.36. The van der Waals surface area contributed by atoms with Gasteiger partial charge in [0.05, 0.1) is 7.11 Å². The Kier molecular flexibility index (Phi) is 10.1. The predicted molar refractivity (Wildman–Crippen MR) is 102 cm³/mol. The molecule has 4 nitrogen and oxygen atoms in total. The largest absolute Gasteiger partial charge is 0.504 e. The molecule has 0 aliphatic carbocycles. The van der Waals surface area contributed by atoms with E-state index in [0.717, 1.165) is 31.2 Å². The van der Waals surface area contributed by atoms with E-state index in [1.165, 1.54) is 7.11 Å². The molecule has 0 radical (unpaired) electrons. The molecule has 1 aromatic carbocycles. The van der Waals surface area contributed by atoms with Gasteiger partial charge in [-0.1, -0.05) is 38.1 Å². The van der Waals surface area contributed by atoms with Crippen molar-refractivity contribution < 1.29 is 19.4 Å². The van der Waals surface area contributed by atoms with Crippen LogP contribution < -0.4 is 4.74 Å². The van der Waals surface area contributed by atoms with E-state index in [2.05, 4.69) is 26.0 Å². The number of rotatable bonds is 11. The van der Waals surface area contributed by atoms with E-state index in [4.69, 9.17) is 9.47 Å². The fourth-order valence-electron chi connectivity index (χ4n) is 2.21. The minimum absolute atomic E-state index is 0.102. The van der Waals surface area contributed by atoms with Gasteiger partial charge in [-0.15, -0.1) is 0 Å². The van der Waals surface area contributed by atoms with Gasteiger partial charge in [-0.2, -0.15) is 0 Å². The lowest BCUT2D eigenvalue weighted by atomic mass is 10.1. The fourth-order valence-corrected chi connectivity index (χ4v) is 2.21. The summed E-state index contributed by atoms with van der Waals surface area (Å²) in [5.41, 5.74) is 0.874. The van der Waals surface area contributed by atoms with E-state index in [0.29, 0.717) is 18.1 Å². The Morgan fingerprint density at radius 1 is 1.20 bits per heavy atom. The topological polar surface area (TPSA) is 55.8 Å². The number of methoxy groups -OCH3 is 1. The van der Waals surface area contributed by atoms with E-state index < -0.39 is 0 Å². The third kappa shape index (κ3) is 9.60. The Morgan fingerprint density at radius 3 is 2.72 bits per heavy atom. The lowest BCUT2D eigenvalue weighted by Crippen LogP contribution is -2.03. The molecule has 0 aliphatic heterocycles. The van der Waals surface area contributed by atoms with Crippen molar-refractivity contribution in [1.82, 2.24) is 0 Å². The molecule has 138 valence electrons. The van der Waals surface area contributed by atoms with Crippen LogP contribution in [0.5, 0.6) is 11.5 Å². The van der Waals surface area contributed by atoms with Crippen molar-refractivity contribution in [2.24, 2.45) is 5.92 Å². The maximum absolute atomic E-state index is 11.7. The second-order valence-electron chi connectivity index (χ2n) is 6.36. The molecule has 0 spiro atoms. The average molecular weight is 346 g/mol. The van der Waals surface area contributed by atoms with Crippen LogP contribution in [-0.4, -0.2) is 24.8 Å². The van der Waals surface area contributed by atoms with Crippen LogP contribution in [0.2, 0.25) is 0 Å². The first-order valence-electron chi connectivity index (χ1n) is 8.87. The number of esters is 1. The van der Waals surface area contributed by atoms with Crippen molar-refractivity contribution in [3.63, 3.8) is 0 Å². The van der Waals surface area contributed by atoms with Crippen LogP contribution >= 0.6 is 0 Å². The molecule has 0 saturated heterocycles. The molecule has 0 bridgehead atoms. The molecule has 0 fully saturated rings. The minimum atomic E-state index is -0.168. The standard InChI is InChI=1S/C21H30O4/c1-17(2)10-7-5-4-6-8-12-21(23)25-15-9-11-18-13-14-19(22)20(16-18)24-3/h5,7,9,11,13-14,16-17,22H,4,6,8,10,12,15H2,1-3H3/b7-5+,11-9+. The Balaban J connectivity index is 2.17. The molecule has 4 heteroatoms. The SMILES string of the molecule is COc1cc(/C=C/COC(=O)CCCC/C=C/CC(C)C)ccc1O. The summed E-state index contributed by atoms with van der Waals surface area (Å²) < 4.78 is 10.2. The second kappa shape index (κ2) is 12.2. The van der Waals surface area contributed by atoms with E-state index in [-0.39, 0.29) is 18.3 Å². The summed E-state index contributed by atoms with van der Waals surface area (Å²) in [4.78, 5) is 11.7. The van der Waals surface area contributed by atoms with Crippen LogP contribution in [0, 0.1) is 5.92 Å². The quantitative estimate of drug-likeness (QED) is 0.343. The summed E-state index contributed by atoms with van der Waals surface area (Å²) in [7, 11) is 1.50. The van der Waals surface area contributed by atoms with Crippen LogP contribution in [0.25, 0.3) is 6.08 Å². The molecule has 0 aliphatic rings. The van der Waals surface area contributed by atoms with Crippen LogP contribution in [-0.2, 0) is 9.53 Å². The Morgan fingerprint density at radius 2 is 2.00 bits per heavy atom. The molecule has 0 unspecified atom stereocenters. The molecule has 1 N–H and O–H groups in total. The number of ether oxygens (including phenoxy) is 2. The van der Waals surface area contributed by atoms with Gasteiger partial charge >= 0.3 is 5.97 Å². The third-order valence-corrected chi connectivity index (χ3v) is 3.63. The highest BCUT2D eigenvalue weighted by molar-refractivity contribution is 5.69. The maximum Gasteiger partial charge on any atom is 0.306 e. The first kappa shape index (κ1) is 20.8. The Bertz CT molecular complexity index is 573. The zero-order valence-corrected chi connectivity index (χ0v) is 15.5. The molecule has 0 aromatic heterocycles. The third-order valence-electron chi connectivity index (χ3n) is 3.63.